The molecule has 0 aliphatic carbocycles. The third-order valence-corrected chi connectivity index (χ3v) is 2.17. The van der Waals surface area contributed by atoms with Crippen LogP contribution in [0.15, 0.2) is 0 Å². The van der Waals surface area contributed by atoms with Crippen molar-refractivity contribution in [3.8, 4) is 0 Å². The molecule has 4 heteroatoms. The van der Waals surface area contributed by atoms with Crippen molar-refractivity contribution >= 4 is 0 Å². The van der Waals surface area contributed by atoms with Gasteiger partial charge in [0.2, 0.25) is 0 Å². The molecular formula is C9H18O4. The van der Waals surface area contributed by atoms with Crippen LogP contribution in [-0.2, 0) is 9.47 Å². The molecule has 1 saturated heterocycles. The average Bonchev–Trinajstić information content (AvgIpc) is 2.19. The van der Waals surface area contributed by atoms with Crippen molar-refractivity contribution in [2.75, 3.05) is 26.4 Å². The van der Waals surface area contributed by atoms with Crippen molar-refractivity contribution in [1.29, 1.82) is 0 Å². The van der Waals surface area contributed by atoms with Crippen molar-refractivity contribution in [2.45, 2.75) is 31.5 Å². The first kappa shape index (κ1) is 10.9. The number of aliphatic hydroxyl groups is 2. The summed E-state index contributed by atoms with van der Waals surface area (Å²) in [6.45, 7) is 1.27. The van der Waals surface area contributed by atoms with Gasteiger partial charge in [-0.05, 0) is 19.3 Å². The van der Waals surface area contributed by atoms with Crippen LogP contribution in [-0.4, -0.2) is 48.8 Å². The monoisotopic (exact) mass is 190 g/mol. The summed E-state index contributed by atoms with van der Waals surface area (Å²) in [7, 11) is 0. The summed E-state index contributed by atoms with van der Waals surface area (Å²) < 4.78 is 10.4. The summed E-state index contributed by atoms with van der Waals surface area (Å²) in [6.07, 6.45) is 2.48. The first-order valence-electron chi connectivity index (χ1n) is 4.83. The Hall–Kier alpha value is -0.160. The molecule has 0 aromatic rings. The fourth-order valence-corrected chi connectivity index (χ4v) is 1.45. The largest absolute Gasteiger partial charge is 0.394 e. The smallest absolute Gasteiger partial charge is 0.103 e. The van der Waals surface area contributed by atoms with E-state index in [1.54, 1.807) is 0 Å². The Kier molecular flexibility index (Phi) is 5.31. The predicted molar refractivity (Wildman–Crippen MR) is 47.5 cm³/mol. The van der Waals surface area contributed by atoms with Gasteiger partial charge < -0.3 is 19.7 Å². The Morgan fingerprint density at radius 2 is 2.31 bits per heavy atom. The zero-order chi connectivity index (χ0) is 9.52. The fraction of sp³-hybridized carbons (Fsp3) is 1.00. The van der Waals surface area contributed by atoms with Crippen LogP contribution in [0.2, 0.25) is 0 Å². The van der Waals surface area contributed by atoms with Crippen molar-refractivity contribution in [2.24, 2.45) is 0 Å². The molecule has 0 bridgehead atoms. The number of hydrogen-bond acceptors (Lipinski definition) is 4. The van der Waals surface area contributed by atoms with Gasteiger partial charge in [-0.15, -0.1) is 0 Å². The van der Waals surface area contributed by atoms with Crippen LogP contribution >= 0.6 is 0 Å². The van der Waals surface area contributed by atoms with Crippen LogP contribution in [0, 0.1) is 0 Å². The molecule has 1 rings (SSSR count). The number of ether oxygens (including phenoxy) is 2. The lowest BCUT2D eigenvalue weighted by atomic mass is 10.1. The van der Waals surface area contributed by atoms with E-state index in [0.29, 0.717) is 0 Å². The van der Waals surface area contributed by atoms with Crippen LogP contribution in [0.5, 0.6) is 0 Å². The highest BCUT2D eigenvalue weighted by Crippen LogP contribution is 2.15. The van der Waals surface area contributed by atoms with Gasteiger partial charge in [0.25, 0.3) is 0 Å². The summed E-state index contributed by atoms with van der Waals surface area (Å²) in [5.74, 6) is 0. The molecule has 0 saturated carbocycles. The highest BCUT2D eigenvalue weighted by molar-refractivity contribution is 4.71. The lowest BCUT2D eigenvalue weighted by molar-refractivity contribution is -0.0917. The van der Waals surface area contributed by atoms with E-state index in [9.17, 15) is 5.11 Å². The number of hydrogen-bond donors (Lipinski definition) is 2. The highest BCUT2D eigenvalue weighted by atomic mass is 16.5. The van der Waals surface area contributed by atoms with E-state index in [1.165, 1.54) is 0 Å². The lowest BCUT2D eigenvalue weighted by Gasteiger charge is -2.26. The van der Waals surface area contributed by atoms with Crippen LogP contribution in [0.25, 0.3) is 0 Å². The van der Waals surface area contributed by atoms with Crippen molar-refractivity contribution < 1.29 is 19.7 Å². The summed E-state index contributed by atoms with van der Waals surface area (Å²) >= 11 is 0. The second kappa shape index (κ2) is 6.32. The van der Waals surface area contributed by atoms with E-state index < -0.39 is 6.10 Å². The number of rotatable bonds is 5. The topological polar surface area (TPSA) is 58.9 Å². The molecule has 0 radical (unpaired) electrons. The van der Waals surface area contributed by atoms with Gasteiger partial charge in [0.05, 0.1) is 25.9 Å². The molecule has 1 aliphatic rings. The van der Waals surface area contributed by atoms with Crippen LogP contribution in [0.4, 0.5) is 0 Å². The van der Waals surface area contributed by atoms with Gasteiger partial charge in [-0.2, -0.15) is 0 Å². The molecule has 78 valence electrons. The Bertz CT molecular complexity index is 123. The maximum atomic E-state index is 9.57. The van der Waals surface area contributed by atoms with Gasteiger partial charge in [0.1, 0.15) is 6.10 Å². The molecular weight excluding hydrogens is 172 g/mol. The zero-order valence-electron chi connectivity index (χ0n) is 7.82. The van der Waals surface area contributed by atoms with Gasteiger partial charge >= 0.3 is 0 Å². The van der Waals surface area contributed by atoms with E-state index in [0.717, 1.165) is 25.9 Å². The molecule has 2 atom stereocenters. The first-order valence-corrected chi connectivity index (χ1v) is 4.83. The normalized spacial score (nSPS) is 25.8. The molecule has 1 fully saturated rings. The van der Waals surface area contributed by atoms with Crippen molar-refractivity contribution in [3.05, 3.63) is 0 Å². The third-order valence-electron chi connectivity index (χ3n) is 2.17. The lowest BCUT2D eigenvalue weighted by Crippen LogP contribution is -2.35. The maximum absolute atomic E-state index is 9.57. The summed E-state index contributed by atoms with van der Waals surface area (Å²) in [4.78, 5) is 0. The van der Waals surface area contributed by atoms with Gasteiger partial charge in [-0.25, -0.2) is 0 Å². The minimum atomic E-state index is -0.549. The highest BCUT2D eigenvalue weighted by Gasteiger charge is 2.22. The summed E-state index contributed by atoms with van der Waals surface area (Å²) in [5, 5.41) is 18.0. The average molecular weight is 190 g/mol. The third kappa shape index (κ3) is 4.04. The maximum Gasteiger partial charge on any atom is 0.103 e. The standard InChI is InChI=1S/C9H18O4/c10-4-6-12-7-8(11)9-3-1-2-5-13-9/h8-11H,1-7H2. The Labute approximate surface area is 78.5 Å². The molecule has 0 aromatic carbocycles. The van der Waals surface area contributed by atoms with Crippen molar-refractivity contribution in [3.63, 3.8) is 0 Å². The molecule has 1 aliphatic heterocycles. The van der Waals surface area contributed by atoms with Gasteiger partial charge in [-0.3, -0.25) is 0 Å². The van der Waals surface area contributed by atoms with Gasteiger partial charge in [0, 0.05) is 6.61 Å². The van der Waals surface area contributed by atoms with E-state index >= 15 is 0 Å². The van der Waals surface area contributed by atoms with Crippen LogP contribution in [0.3, 0.4) is 0 Å². The van der Waals surface area contributed by atoms with Gasteiger partial charge in [-0.1, -0.05) is 0 Å². The quantitative estimate of drug-likeness (QED) is 0.596. The first-order chi connectivity index (χ1) is 6.34. The fourth-order valence-electron chi connectivity index (χ4n) is 1.45. The van der Waals surface area contributed by atoms with E-state index in [4.69, 9.17) is 14.6 Å². The molecule has 0 aromatic heterocycles. The summed E-state index contributed by atoms with van der Waals surface area (Å²) in [6, 6.07) is 0. The van der Waals surface area contributed by atoms with Gasteiger partial charge in [0.15, 0.2) is 0 Å². The SMILES string of the molecule is OCCOCC(O)C1CCCCO1. The predicted octanol–water partition coefficient (Wildman–Crippen LogP) is -0.0747. The molecule has 1 heterocycles. The minimum absolute atomic E-state index is 0.00174. The van der Waals surface area contributed by atoms with Crippen LogP contribution < -0.4 is 0 Å². The molecule has 2 unspecified atom stereocenters. The van der Waals surface area contributed by atoms with E-state index in [1.807, 2.05) is 0 Å². The molecule has 2 N–H and O–H groups in total. The molecule has 13 heavy (non-hydrogen) atoms. The second-order valence-corrected chi connectivity index (χ2v) is 3.27. The summed E-state index contributed by atoms with van der Waals surface area (Å²) in [5.41, 5.74) is 0. The van der Waals surface area contributed by atoms with E-state index in [2.05, 4.69) is 0 Å². The molecule has 0 amide bonds. The van der Waals surface area contributed by atoms with E-state index in [-0.39, 0.29) is 25.9 Å². The molecule has 4 nitrogen and oxygen atoms in total. The minimum Gasteiger partial charge on any atom is -0.394 e. The van der Waals surface area contributed by atoms with Crippen LogP contribution in [0.1, 0.15) is 19.3 Å². The van der Waals surface area contributed by atoms with Crippen molar-refractivity contribution in [1.82, 2.24) is 0 Å². The Balaban J connectivity index is 2.09. The zero-order valence-corrected chi connectivity index (χ0v) is 7.82. The molecule has 0 spiro atoms. The number of aliphatic hydroxyl groups excluding tert-OH is 2. The Morgan fingerprint density at radius 1 is 1.46 bits per heavy atom. The second-order valence-electron chi connectivity index (χ2n) is 3.27. The Morgan fingerprint density at radius 3 is 2.92 bits per heavy atom.